The lowest BCUT2D eigenvalue weighted by Gasteiger charge is -2.27. The molecule has 8 nitrogen and oxygen atoms in total. The number of carbonyl (C=O) groups excluding carboxylic acids is 1. The van der Waals surface area contributed by atoms with Crippen LogP contribution < -0.4 is 0 Å². The van der Waals surface area contributed by atoms with E-state index in [1.807, 2.05) is 30.3 Å². The first-order valence-corrected chi connectivity index (χ1v) is 15.1. The van der Waals surface area contributed by atoms with Crippen molar-refractivity contribution in [1.29, 1.82) is 0 Å². The Kier molecular flexibility index (Phi) is 8.74. The van der Waals surface area contributed by atoms with Crippen LogP contribution in [0.1, 0.15) is 42.5 Å². The van der Waals surface area contributed by atoms with Gasteiger partial charge in [-0.25, -0.2) is 17.8 Å². The predicted molar refractivity (Wildman–Crippen MR) is 143 cm³/mol. The molecule has 2 aliphatic rings. The molecule has 0 aliphatic carbocycles. The van der Waals surface area contributed by atoms with E-state index < -0.39 is 21.4 Å². The molecule has 2 atom stereocenters. The van der Waals surface area contributed by atoms with Gasteiger partial charge in [0.25, 0.3) is 0 Å². The van der Waals surface area contributed by atoms with Crippen molar-refractivity contribution in [3.05, 3.63) is 83.4 Å². The minimum absolute atomic E-state index is 0.0662. The fourth-order valence-electron chi connectivity index (χ4n) is 5.20. The molecule has 3 heterocycles. The van der Waals surface area contributed by atoms with E-state index in [1.165, 1.54) is 24.4 Å². The first-order chi connectivity index (χ1) is 18.9. The number of sulfone groups is 1. The maximum absolute atomic E-state index is 14.3. The molecule has 2 aromatic carbocycles. The molecule has 0 bridgehead atoms. The van der Waals surface area contributed by atoms with Crippen molar-refractivity contribution in [1.82, 2.24) is 14.5 Å². The van der Waals surface area contributed by atoms with Gasteiger partial charge in [0, 0.05) is 25.3 Å². The summed E-state index contributed by atoms with van der Waals surface area (Å²) >= 11 is 0. The van der Waals surface area contributed by atoms with Crippen LogP contribution in [0.25, 0.3) is 0 Å². The molecular formula is C29H34FN3O5S. The Hall–Kier alpha value is -3.08. The topological polar surface area (TPSA) is 90.7 Å². The third kappa shape index (κ3) is 6.93. The molecule has 0 N–H and O–H groups in total. The Morgan fingerprint density at radius 2 is 1.69 bits per heavy atom. The molecule has 5 rings (SSSR count). The van der Waals surface area contributed by atoms with Gasteiger partial charge in [0.1, 0.15) is 5.82 Å². The molecule has 39 heavy (non-hydrogen) atoms. The van der Waals surface area contributed by atoms with Gasteiger partial charge in [-0.2, -0.15) is 0 Å². The second kappa shape index (κ2) is 12.4. The summed E-state index contributed by atoms with van der Waals surface area (Å²) in [7, 11) is -3.99. The number of hydrogen-bond acceptors (Lipinski definition) is 6. The van der Waals surface area contributed by atoms with Crippen molar-refractivity contribution < 1.29 is 27.1 Å². The van der Waals surface area contributed by atoms with E-state index in [1.54, 1.807) is 15.5 Å². The van der Waals surface area contributed by atoms with E-state index in [9.17, 15) is 17.6 Å². The zero-order chi connectivity index (χ0) is 27.2. The summed E-state index contributed by atoms with van der Waals surface area (Å²) in [5.74, 6) is -1.15. The number of nitrogens with zero attached hydrogens (tertiary/aromatic N) is 3. The molecule has 1 amide bonds. The summed E-state index contributed by atoms with van der Waals surface area (Å²) in [6, 6.07) is 15.4. The fraction of sp³-hybridized carbons (Fsp3) is 0.448. The highest BCUT2D eigenvalue weighted by Gasteiger charge is 2.30. The van der Waals surface area contributed by atoms with Crippen molar-refractivity contribution in [2.75, 3.05) is 19.8 Å². The quantitative estimate of drug-likeness (QED) is 0.356. The molecule has 0 unspecified atom stereocenters. The first-order valence-electron chi connectivity index (χ1n) is 13.4. The van der Waals surface area contributed by atoms with E-state index >= 15 is 0 Å². The molecule has 208 valence electrons. The number of imidazole rings is 1. The smallest absolute Gasteiger partial charge is 0.228 e. The molecule has 0 saturated carbocycles. The van der Waals surface area contributed by atoms with Crippen LogP contribution >= 0.6 is 0 Å². The molecule has 10 heteroatoms. The Morgan fingerprint density at radius 1 is 1.00 bits per heavy atom. The SMILES string of the molecule is O=C(Cc1ccccc1)N(Cc1cnc(S(=O)(=O)Cc2ccccc2F)n1C[C@@H]1CCCO1)C[C@H]1CCCO1. The molecule has 1 aromatic heterocycles. The van der Waals surface area contributed by atoms with Crippen LogP contribution in [-0.2, 0) is 49.4 Å². The Labute approximate surface area is 228 Å². The predicted octanol–water partition coefficient (Wildman–Crippen LogP) is 3.93. The van der Waals surface area contributed by atoms with Crippen LogP contribution in [0.3, 0.4) is 0 Å². The maximum atomic E-state index is 14.3. The highest BCUT2D eigenvalue weighted by molar-refractivity contribution is 7.90. The average Bonchev–Trinajstić information content (AvgIpc) is 3.70. The third-order valence-electron chi connectivity index (χ3n) is 7.25. The molecule has 3 aromatic rings. The van der Waals surface area contributed by atoms with Gasteiger partial charge in [0.15, 0.2) is 0 Å². The monoisotopic (exact) mass is 555 g/mol. The maximum Gasteiger partial charge on any atom is 0.228 e. The summed E-state index contributed by atoms with van der Waals surface area (Å²) in [6.07, 6.45) is 5.03. The van der Waals surface area contributed by atoms with E-state index in [2.05, 4.69) is 4.98 Å². The van der Waals surface area contributed by atoms with Gasteiger partial charge in [-0.15, -0.1) is 0 Å². The van der Waals surface area contributed by atoms with Gasteiger partial charge in [-0.3, -0.25) is 4.79 Å². The number of aromatic nitrogens is 2. The van der Waals surface area contributed by atoms with Crippen LogP contribution in [0.2, 0.25) is 0 Å². The number of amides is 1. The van der Waals surface area contributed by atoms with Crippen molar-refractivity contribution >= 4 is 15.7 Å². The van der Waals surface area contributed by atoms with Gasteiger partial charge in [0.2, 0.25) is 20.9 Å². The minimum atomic E-state index is -3.99. The van der Waals surface area contributed by atoms with Gasteiger partial charge in [-0.1, -0.05) is 48.5 Å². The van der Waals surface area contributed by atoms with Crippen LogP contribution in [0.5, 0.6) is 0 Å². The Balaban J connectivity index is 1.44. The molecule has 2 saturated heterocycles. The molecular weight excluding hydrogens is 521 g/mol. The number of halogens is 1. The first kappa shape index (κ1) is 27.5. The summed E-state index contributed by atoms with van der Waals surface area (Å²) in [6.45, 7) is 2.17. The van der Waals surface area contributed by atoms with Gasteiger partial charge >= 0.3 is 0 Å². The Bertz CT molecular complexity index is 1370. The van der Waals surface area contributed by atoms with Crippen LogP contribution in [0, 0.1) is 5.82 Å². The van der Waals surface area contributed by atoms with E-state index in [0.29, 0.717) is 32.0 Å². The van der Waals surface area contributed by atoms with E-state index in [0.717, 1.165) is 31.2 Å². The summed E-state index contributed by atoms with van der Waals surface area (Å²) < 4.78 is 54.6. The van der Waals surface area contributed by atoms with Crippen LogP contribution in [0.15, 0.2) is 66.0 Å². The number of carbonyl (C=O) groups is 1. The third-order valence-corrected chi connectivity index (χ3v) is 8.82. The van der Waals surface area contributed by atoms with E-state index in [4.69, 9.17) is 9.47 Å². The van der Waals surface area contributed by atoms with Crippen molar-refractivity contribution in [2.24, 2.45) is 0 Å². The van der Waals surface area contributed by atoms with Crippen LogP contribution in [0.4, 0.5) is 4.39 Å². The highest BCUT2D eigenvalue weighted by atomic mass is 32.2. The van der Waals surface area contributed by atoms with E-state index in [-0.39, 0.29) is 41.8 Å². The lowest BCUT2D eigenvalue weighted by Crippen LogP contribution is -2.38. The zero-order valence-corrected chi connectivity index (χ0v) is 22.7. The standard InChI is InChI=1S/C29H34FN3O5S/c30-27-13-5-4-10-23(27)21-39(35,36)29-31-17-24(33(29)20-26-12-7-15-38-26)18-32(19-25-11-6-14-37-25)28(34)16-22-8-2-1-3-9-22/h1-5,8-10,13,17,25-26H,6-7,11-12,14-16,18-21H2/t25-,26+/m1/s1. The van der Waals surface area contributed by atoms with Crippen molar-refractivity contribution in [3.63, 3.8) is 0 Å². The molecule has 0 spiro atoms. The second-order valence-corrected chi connectivity index (χ2v) is 12.1. The summed E-state index contributed by atoms with van der Waals surface area (Å²) in [5.41, 5.74) is 1.58. The van der Waals surface area contributed by atoms with Gasteiger partial charge in [-0.05, 0) is 37.3 Å². The fourth-order valence-corrected chi connectivity index (χ4v) is 6.72. The minimum Gasteiger partial charge on any atom is -0.376 e. The summed E-state index contributed by atoms with van der Waals surface area (Å²) in [5, 5.41) is -0.135. The number of ether oxygens (including phenoxy) is 2. The van der Waals surface area contributed by atoms with Gasteiger partial charge in [0.05, 0.1) is 49.4 Å². The largest absolute Gasteiger partial charge is 0.376 e. The number of benzene rings is 2. The number of rotatable bonds is 11. The van der Waals surface area contributed by atoms with Crippen molar-refractivity contribution in [3.8, 4) is 0 Å². The normalized spacial score (nSPS) is 19.4. The second-order valence-electron chi connectivity index (χ2n) is 10.2. The molecule has 2 fully saturated rings. The average molecular weight is 556 g/mol. The van der Waals surface area contributed by atoms with Gasteiger partial charge < -0.3 is 18.9 Å². The zero-order valence-electron chi connectivity index (χ0n) is 21.9. The highest BCUT2D eigenvalue weighted by Crippen LogP contribution is 2.24. The van der Waals surface area contributed by atoms with Crippen molar-refractivity contribution in [2.45, 2.75) is 68.3 Å². The lowest BCUT2D eigenvalue weighted by molar-refractivity contribution is -0.132. The lowest BCUT2D eigenvalue weighted by atomic mass is 10.1. The summed E-state index contributed by atoms with van der Waals surface area (Å²) in [4.78, 5) is 19.5. The molecule has 0 radical (unpaired) electrons. The number of hydrogen-bond donors (Lipinski definition) is 0. The Morgan fingerprint density at radius 3 is 2.38 bits per heavy atom. The molecule has 2 aliphatic heterocycles. The van der Waals surface area contributed by atoms with Crippen LogP contribution in [-0.4, -0.2) is 60.7 Å².